The van der Waals surface area contributed by atoms with Crippen LogP contribution in [0.4, 0.5) is 0 Å². The van der Waals surface area contributed by atoms with E-state index in [1.807, 2.05) is 12.1 Å². The van der Waals surface area contributed by atoms with Crippen molar-refractivity contribution < 1.29 is 0 Å². The van der Waals surface area contributed by atoms with Gasteiger partial charge in [-0.25, -0.2) is 0 Å². The van der Waals surface area contributed by atoms with Gasteiger partial charge in [-0.15, -0.1) is 0 Å². The SMILES string of the molecule is O=c1cc[nH]c2c(C#CCS)cccc12. The molecule has 15 heavy (non-hydrogen) atoms. The lowest BCUT2D eigenvalue weighted by molar-refractivity contribution is 1.38. The monoisotopic (exact) mass is 215 g/mol. The summed E-state index contributed by atoms with van der Waals surface area (Å²) in [5.41, 5.74) is 1.64. The average molecular weight is 215 g/mol. The molecule has 0 spiro atoms. The molecule has 0 aliphatic rings. The molecule has 0 unspecified atom stereocenters. The van der Waals surface area contributed by atoms with Crippen LogP contribution < -0.4 is 5.43 Å². The summed E-state index contributed by atoms with van der Waals surface area (Å²) in [6, 6.07) is 7.02. The maximum absolute atomic E-state index is 11.5. The second-order valence-electron chi connectivity index (χ2n) is 3.03. The molecular formula is C12H9NOS. The minimum Gasteiger partial charge on any atom is -0.360 e. The molecule has 1 aromatic heterocycles. The minimum atomic E-state index is 0.0123. The van der Waals surface area contributed by atoms with Crippen LogP contribution in [0.25, 0.3) is 10.9 Å². The number of nitrogens with one attached hydrogen (secondary N) is 1. The first kappa shape index (κ1) is 9.88. The Labute approximate surface area is 92.7 Å². The number of hydrogen-bond acceptors (Lipinski definition) is 2. The summed E-state index contributed by atoms with van der Waals surface area (Å²) in [5, 5.41) is 0.670. The number of para-hydroxylation sites is 1. The summed E-state index contributed by atoms with van der Waals surface area (Å²) >= 11 is 4.02. The van der Waals surface area contributed by atoms with Crippen molar-refractivity contribution in [3.8, 4) is 11.8 Å². The summed E-state index contributed by atoms with van der Waals surface area (Å²) in [5.74, 6) is 6.34. The van der Waals surface area contributed by atoms with Gasteiger partial charge in [0, 0.05) is 23.2 Å². The van der Waals surface area contributed by atoms with Gasteiger partial charge in [-0.3, -0.25) is 4.79 Å². The fraction of sp³-hybridized carbons (Fsp3) is 0.0833. The first-order chi connectivity index (χ1) is 7.33. The van der Waals surface area contributed by atoms with Crippen LogP contribution >= 0.6 is 12.6 Å². The molecule has 0 radical (unpaired) electrons. The van der Waals surface area contributed by atoms with Crippen LogP contribution in [-0.4, -0.2) is 10.7 Å². The highest BCUT2D eigenvalue weighted by atomic mass is 32.1. The summed E-state index contributed by atoms with van der Waals surface area (Å²) in [6.45, 7) is 0. The van der Waals surface area contributed by atoms with E-state index in [2.05, 4.69) is 29.5 Å². The summed E-state index contributed by atoms with van der Waals surface area (Å²) in [4.78, 5) is 14.6. The third kappa shape index (κ3) is 1.90. The van der Waals surface area contributed by atoms with E-state index in [1.54, 1.807) is 12.3 Å². The third-order valence-electron chi connectivity index (χ3n) is 2.09. The molecule has 1 aromatic carbocycles. The molecule has 2 nitrogen and oxygen atoms in total. The molecule has 74 valence electrons. The number of hydrogen-bond donors (Lipinski definition) is 2. The zero-order valence-corrected chi connectivity index (χ0v) is 8.84. The van der Waals surface area contributed by atoms with Gasteiger partial charge < -0.3 is 4.98 Å². The minimum absolute atomic E-state index is 0.0123. The Kier molecular flexibility index (Phi) is 2.79. The van der Waals surface area contributed by atoms with Gasteiger partial charge in [0.15, 0.2) is 5.43 Å². The summed E-state index contributed by atoms with van der Waals surface area (Å²) in [7, 11) is 0. The first-order valence-corrected chi connectivity index (χ1v) is 5.16. The van der Waals surface area contributed by atoms with Crippen LogP contribution in [0.2, 0.25) is 0 Å². The number of aromatic amines is 1. The van der Waals surface area contributed by atoms with Gasteiger partial charge in [0.1, 0.15) is 0 Å². The Morgan fingerprint density at radius 1 is 1.33 bits per heavy atom. The van der Waals surface area contributed by atoms with E-state index in [-0.39, 0.29) is 5.43 Å². The molecule has 0 saturated heterocycles. The molecule has 0 fully saturated rings. The molecular weight excluding hydrogens is 206 g/mol. The van der Waals surface area contributed by atoms with E-state index in [0.717, 1.165) is 11.1 Å². The van der Waals surface area contributed by atoms with Crippen molar-refractivity contribution in [2.24, 2.45) is 0 Å². The maximum atomic E-state index is 11.5. The number of benzene rings is 1. The molecule has 0 saturated carbocycles. The molecule has 1 N–H and O–H groups in total. The molecule has 2 aromatic rings. The van der Waals surface area contributed by atoms with Gasteiger partial charge in [0.25, 0.3) is 0 Å². The van der Waals surface area contributed by atoms with Crippen LogP contribution in [0.5, 0.6) is 0 Å². The highest BCUT2D eigenvalue weighted by molar-refractivity contribution is 7.80. The van der Waals surface area contributed by atoms with E-state index in [1.165, 1.54) is 6.07 Å². The standard InChI is InChI=1S/C12H9NOS/c14-11-6-7-13-12-9(4-2-8-15)3-1-5-10(11)12/h1,3,5-7,15H,8H2,(H,13,14). The van der Waals surface area contributed by atoms with Gasteiger partial charge in [-0.1, -0.05) is 17.9 Å². The van der Waals surface area contributed by atoms with Crippen molar-refractivity contribution in [2.45, 2.75) is 0 Å². The summed E-state index contributed by atoms with van der Waals surface area (Å²) in [6.07, 6.45) is 1.64. The van der Waals surface area contributed by atoms with Crippen molar-refractivity contribution >= 4 is 23.5 Å². The molecule has 0 aliphatic heterocycles. The Bertz CT molecular complexity index is 604. The largest absolute Gasteiger partial charge is 0.360 e. The van der Waals surface area contributed by atoms with Crippen LogP contribution in [0, 0.1) is 11.8 Å². The van der Waals surface area contributed by atoms with E-state index in [9.17, 15) is 4.79 Å². The molecule has 1 heterocycles. The maximum Gasteiger partial charge on any atom is 0.189 e. The lowest BCUT2D eigenvalue weighted by Gasteiger charge is -1.98. The number of pyridine rings is 1. The predicted molar refractivity (Wildman–Crippen MR) is 65.3 cm³/mol. The smallest absolute Gasteiger partial charge is 0.189 e. The van der Waals surface area contributed by atoms with E-state index >= 15 is 0 Å². The van der Waals surface area contributed by atoms with E-state index in [4.69, 9.17) is 0 Å². The summed E-state index contributed by atoms with van der Waals surface area (Å²) < 4.78 is 0. The zero-order chi connectivity index (χ0) is 10.7. The predicted octanol–water partition coefficient (Wildman–Crippen LogP) is 1.81. The Hall–Kier alpha value is -1.66. The topological polar surface area (TPSA) is 32.9 Å². The molecule has 0 bridgehead atoms. The molecule has 0 aliphatic carbocycles. The number of aromatic nitrogens is 1. The molecule has 2 rings (SSSR count). The molecule has 0 amide bonds. The van der Waals surface area contributed by atoms with Gasteiger partial charge in [-0.2, -0.15) is 12.6 Å². The van der Waals surface area contributed by atoms with Crippen molar-refractivity contribution in [3.05, 3.63) is 46.2 Å². The van der Waals surface area contributed by atoms with Crippen molar-refractivity contribution in [1.82, 2.24) is 4.98 Å². The normalized spacial score (nSPS) is 9.67. The van der Waals surface area contributed by atoms with Gasteiger partial charge in [0.05, 0.1) is 11.3 Å². The third-order valence-corrected chi connectivity index (χ3v) is 2.25. The zero-order valence-electron chi connectivity index (χ0n) is 7.95. The number of rotatable bonds is 0. The highest BCUT2D eigenvalue weighted by Crippen LogP contribution is 2.11. The van der Waals surface area contributed by atoms with Crippen LogP contribution in [0.3, 0.4) is 0 Å². The fourth-order valence-electron chi connectivity index (χ4n) is 1.44. The second-order valence-corrected chi connectivity index (χ2v) is 3.35. The van der Waals surface area contributed by atoms with Crippen molar-refractivity contribution in [1.29, 1.82) is 0 Å². The van der Waals surface area contributed by atoms with Gasteiger partial charge in [-0.05, 0) is 12.1 Å². The van der Waals surface area contributed by atoms with Crippen LogP contribution in [0.15, 0.2) is 35.3 Å². The van der Waals surface area contributed by atoms with Gasteiger partial charge in [0.2, 0.25) is 0 Å². The molecule has 3 heteroatoms. The van der Waals surface area contributed by atoms with Crippen LogP contribution in [-0.2, 0) is 0 Å². The average Bonchev–Trinajstić information content (AvgIpc) is 2.27. The lowest BCUT2D eigenvalue weighted by Crippen LogP contribution is -2.00. The molecule has 0 atom stereocenters. The van der Waals surface area contributed by atoms with E-state index < -0.39 is 0 Å². The number of H-pyrrole nitrogens is 1. The number of fused-ring (bicyclic) bond motifs is 1. The number of thiol groups is 1. The second kappa shape index (κ2) is 4.24. The Balaban J connectivity index is 2.77. The van der Waals surface area contributed by atoms with Gasteiger partial charge >= 0.3 is 0 Å². The van der Waals surface area contributed by atoms with Crippen molar-refractivity contribution in [3.63, 3.8) is 0 Å². The fourth-order valence-corrected chi connectivity index (χ4v) is 1.52. The highest BCUT2D eigenvalue weighted by Gasteiger charge is 2.00. The Morgan fingerprint density at radius 3 is 3.00 bits per heavy atom. The van der Waals surface area contributed by atoms with Crippen molar-refractivity contribution in [2.75, 3.05) is 5.75 Å². The Morgan fingerprint density at radius 2 is 2.20 bits per heavy atom. The first-order valence-electron chi connectivity index (χ1n) is 4.53. The van der Waals surface area contributed by atoms with Crippen LogP contribution in [0.1, 0.15) is 5.56 Å². The quantitative estimate of drug-likeness (QED) is 0.510. The lowest BCUT2D eigenvalue weighted by atomic mass is 10.1. The van der Waals surface area contributed by atoms with E-state index in [0.29, 0.717) is 11.1 Å².